The first-order valence-corrected chi connectivity index (χ1v) is 6.96. The highest BCUT2D eigenvalue weighted by Gasteiger charge is 2.05. The first-order chi connectivity index (χ1) is 10.8. The Morgan fingerprint density at radius 1 is 0.773 bits per heavy atom. The Morgan fingerprint density at radius 2 is 1.45 bits per heavy atom. The number of pyridine rings is 1. The van der Waals surface area contributed by atoms with Gasteiger partial charge in [-0.15, -0.1) is 0 Å². The number of amides is 1. The number of benzene rings is 2. The standard InChI is InChI=1S/C18H15N3O/c22-18(14-7-3-1-4-8-14)21-17-12-11-16(13-19-17)20-15-9-5-2-6-10-15/h1-13,20H,(H,19,21,22). The van der Waals surface area contributed by atoms with Crippen LogP contribution in [0.4, 0.5) is 17.2 Å². The molecule has 2 N–H and O–H groups in total. The molecule has 0 spiro atoms. The average Bonchev–Trinajstić information content (AvgIpc) is 2.58. The van der Waals surface area contributed by atoms with Gasteiger partial charge in [0.1, 0.15) is 5.82 Å². The molecule has 0 atom stereocenters. The Hall–Kier alpha value is -3.14. The summed E-state index contributed by atoms with van der Waals surface area (Å²) in [6.45, 7) is 0. The summed E-state index contributed by atoms with van der Waals surface area (Å²) in [4.78, 5) is 16.3. The van der Waals surface area contributed by atoms with Gasteiger partial charge in [0.25, 0.3) is 5.91 Å². The van der Waals surface area contributed by atoms with Gasteiger partial charge in [-0.05, 0) is 36.4 Å². The maximum Gasteiger partial charge on any atom is 0.256 e. The largest absolute Gasteiger partial charge is 0.354 e. The van der Waals surface area contributed by atoms with Crippen LogP contribution in [0.1, 0.15) is 10.4 Å². The molecule has 3 aromatic rings. The molecule has 4 heteroatoms. The first-order valence-electron chi connectivity index (χ1n) is 6.96. The van der Waals surface area contributed by atoms with Gasteiger partial charge in [-0.2, -0.15) is 0 Å². The van der Waals surface area contributed by atoms with Crippen LogP contribution in [-0.2, 0) is 0 Å². The zero-order valence-corrected chi connectivity index (χ0v) is 11.9. The lowest BCUT2D eigenvalue weighted by Crippen LogP contribution is -2.12. The van der Waals surface area contributed by atoms with Gasteiger partial charge in [-0.3, -0.25) is 4.79 Å². The van der Waals surface area contributed by atoms with E-state index in [1.807, 2.05) is 54.6 Å². The van der Waals surface area contributed by atoms with E-state index in [0.717, 1.165) is 11.4 Å². The first kappa shape index (κ1) is 13.8. The van der Waals surface area contributed by atoms with E-state index in [2.05, 4.69) is 15.6 Å². The van der Waals surface area contributed by atoms with Gasteiger partial charge in [-0.1, -0.05) is 36.4 Å². The molecule has 1 amide bonds. The Balaban J connectivity index is 1.66. The third-order valence-electron chi connectivity index (χ3n) is 3.10. The number of anilines is 3. The molecule has 0 unspecified atom stereocenters. The van der Waals surface area contributed by atoms with Crippen molar-refractivity contribution in [2.45, 2.75) is 0 Å². The van der Waals surface area contributed by atoms with E-state index >= 15 is 0 Å². The highest BCUT2D eigenvalue weighted by molar-refractivity contribution is 6.03. The zero-order valence-electron chi connectivity index (χ0n) is 11.9. The number of hydrogen-bond donors (Lipinski definition) is 2. The summed E-state index contributed by atoms with van der Waals surface area (Å²) in [5.74, 6) is 0.351. The normalized spacial score (nSPS) is 10.0. The van der Waals surface area contributed by atoms with E-state index in [9.17, 15) is 4.79 Å². The van der Waals surface area contributed by atoms with Gasteiger partial charge >= 0.3 is 0 Å². The molecular formula is C18H15N3O. The van der Waals surface area contributed by atoms with E-state index in [4.69, 9.17) is 0 Å². The van der Waals surface area contributed by atoms with Crippen molar-refractivity contribution in [2.75, 3.05) is 10.6 Å². The van der Waals surface area contributed by atoms with Crippen molar-refractivity contribution >= 4 is 23.1 Å². The Morgan fingerprint density at radius 3 is 2.09 bits per heavy atom. The van der Waals surface area contributed by atoms with Crippen LogP contribution in [0.15, 0.2) is 79.0 Å². The van der Waals surface area contributed by atoms with Crippen LogP contribution in [0.25, 0.3) is 0 Å². The minimum absolute atomic E-state index is 0.170. The van der Waals surface area contributed by atoms with E-state index in [1.165, 1.54) is 0 Å². The second-order valence-electron chi connectivity index (χ2n) is 4.74. The van der Waals surface area contributed by atoms with Crippen molar-refractivity contribution in [1.82, 2.24) is 4.98 Å². The Bertz CT molecular complexity index is 740. The molecule has 1 aromatic heterocycles. The second kappa shape index (κ2) is 6.54. The molecule has 0 aliphatic carbocycles. The van der Waals surface area contributed by atoms with Gasteiger partial charge in [-0.25, -0.2) is 4.98 Å². The molecular weight excluding hydrogens is 274 g/mol. The van der Waals surface area contributed by atoms with Gasteiger partial charge in [0.2, 0.25) is 0 Å². The second-order valence-corrected chi connectivity index (χ2v) is 4.74. The van der Waals surface area contributed by atoms with E-state index in [1.54, 1.807) is 24.4 Å². The number of carbonyl (C=O) groups excluding carboxylic acids is 1. The minimum atomic E-state index is -0.170. The molecule has 1 heterocycles. The summed E-state index contributed by atoms with van der Waals surface area (Å²) in [6, 6.07) is 22.5. The predicted molar refractivity (Wildman–Crippen MR) is 88.4 cm³/mol. The van der Waals surface area contributed by atoms with E-state index in [0.29, 0.717) is 11.4 Å². The number of aromatic nitrogens is 1. The summed E-state index contributed by atoms with van der Waals surface area (Å²) in [5.41, 5.74) is 2.46. The molecule has 22 heavy (non-hydrogen) atoms. The number of nitrogens with one attached hydrogen (secondary N) is 2. The zero-order chi connectivity index (χ0) is 15.2. The van der Waals surface area contributed by atoms with Crippen molar-refractivity contribution < 1.29 is 4.79 Å². The van der Waals surface area contributed by atoms with Gasteiger partial charge in [0, 0.05) is 11.3 Å². The molecule has 4 nitrogen and oxygen atoms in total. The third-order valence-corrected chi connectivity index (χ3v) is 3.10. The van der Waals surface area contributed by atoms with E-state index in [-0.39, 0.29) is 5.91 Å². The van der Waals surface area contributed by atoms with Crippen LogP contribution in [-0.4, -0.2) is 10.9 Å². The van der Waals surface area contributed by atoms with Crippen LogP contribution >= 0.6 is 0 Å². The van der Waals surface area contributed by atoms with Crippen molar-refractivity contribution in [1.29, 1.82) is 0 Å². The fourth-order valence-corrected chi connectivity index (χ4v) is 2.01. The number of rotatable bonds is 4. The summed E-state index contributed by atoms with van der Waals surface area (Å²) in [5, 5.41) is 6.01. The molecule has 0 aliphatic rings. The van der Waals surface area contributed by atoms with Crippen LogP contribution in [0, 0.1) is 0 Å². The minimum Gasteiger partial charge on any atom is -0.354 e. The lowest BCUT2D eigenvalue weighted by molar-refractivity contribution is 0.102. The van der Waals surface area contributed by atoms with Gasteiger partial charge in [0.05, 0.1) is 11.9 Å². The predicted octanol–water partition coefficient (Wildman–Crippen LogP) is 4.08. The maximum atomic E-state index is 12.0. The SMILES string of the molecule is O=C(Nc1ccc(Nc2ccccc2)cn1)c1ccccc1. The summed E-state index contributed by atoms with van der Waals surface area (Å²) in [7, 11) is 0. The van der Waals surface area contributed by atoms with Crippen molar-refractivity contribution in [2.24, 2.45) is 0 Å². The van der Waals surface area contributed by atoms with Crippen molar-refractivity contribution in [3.63, 3.8) is 0 Å². The number of para-hydroxylation sites is 1. The Labute approximate surface area is 128 Å². The third kappa shape index (κ3) is 3.49. The Kier molecular flexibility index (Phi) is 4.11. The monoisotopic (exact) mass is 289 g/mol. The topological polar surface area (TPSA) is 54.0 Å². The lowest BCUT2D eigenvalue weighted by Gasteiger charge is -2.08. The van der Waals surface area contributed by atoms with Crippen LogP contribution in [0.3, 0.4) is 0 Å². The van der Waals surface area contributed by atoms with Gasteiger partial charge in [0.15, 0.2) is 0 Å². The van der Waals surface area contributed by atoms with Crippen LogP contribution in [0.2, 0.25) is 0 Å². The van der Waals surface area contributed by atoms with Crippen LogP contribution < -0.4 is 10.6 Å². The summed E-state index contributed by atoms with van der Waals surface area (Å²) < 4.78 is 0. The molecule has 2 aromatic carbocycles. The quantitative estimate of drug-likeness (QED) is 0.761. The molecule has 3 rings (SSSR count). The molecule has 0 radical (unpaired) electrons. The molecule has 0 saturated carbocycles. The lowest BCUT2D eigenvalue weighted by atomic mass is 10.2. The number of carbonyl (C=O) groups is 1. The molecule has 0 fully saturated rings. The fourth-order valence-electron chi connectivity index (χ4n) is 2.01. The number of nitrogens with zero attached hydrogens (tertiary/aromatic N) is 1. The highest BCUT2D eigenvalue weighted by atomic mass is 16.1. The van der Waals surface area contributed by atoms with E-state index < -0.39 is 0 Å². The molecule has 0 saturated heterocycles. The fraction of sp³-hybridized carbons (Fsp3) is 0. The highest BCUT2D eigenvalue weighted by Crippen LogP contribution is 2.16. The average molecular weight is 289 g/mol. The smallest absolute Gasteiger partial charge is 0.256 e. The van der Waals surface area contributed by atoms with Gasteiger partial charge < -0.3 is 10.6 Å². The van der Waals surface area contributed by atoms with Crippen LogP contribution in [0.5, 0.6) is 0 Å². The summed E-state index contributed by atoms with van der Waals surface area (Å²) in [6.07, 6.45) is 1.69. The van der Waals surface area contributed by atoms with Crippen molar-refractivity contribution in [3.8, 4) is 0 Å². The van der Waals surface area contributed by atoms with Crippen molar-refractivity contribution in [3.05, 3.63) is 84.6 Å². The molecule has 108 valence electrons. The molecule has 0 aliphatic heterocycles. The summed E-state index contributed by atoms with van der Waals surface area (Å²) >= 11 is 0. The molecule has 0 bridgehead atoms. The number of hydrogen-bond acceptors (Lipinski definition) is 3. The maximum absolute atomic E-state index is 12.0.